The average Bonchev–Trinajstić information content (AvgIpc) is 2.47. The van der Waals surface area contributed by atoms with Gasteiger partial charge in [0.25, 0.3) is 5.91 Å². The van der Waals surface area contributed by atoms with Gasteiger partial charge < -0.3 is 15.4 Å². The SMILES string of the molecule is CNc1ccccc1C(=O)Nc1ccc(OC)c(Cl)c1. The van der Waals surface area contributed by atoms with Crippen LogP contribution in [0.25, 0.3) is 0 Å². The highest BCUT2D eigenvalue weighted by molar-refractivity contribution is 6.32. The van der Waals surface area contributed by atoms with Crippen molar-refractivity contribution in [2.75, 3.05) is 24.8 Å². The fourth-order valence-electron chi connectivity index (χ4n) is 1.84. The lowest BCUT2D eigenvalue weighted by atomic mass is 10.1. The van der Waals surface area contributed by atoms with Crippen LogP contribution in [-0.2, 0) is 0 Å². The molecule has 2 N–H and O–H groups in total. The Balaban J connectivity index is 2.21. The maximum atomic E-state index is 12.2. The zero-order chi connectivity index (χ0) is 14.5. The molecule has 4 nitrogen and oxygen atoms in total. The molecule has 0 radical (unpaired) electrons. The highest BCUT2D eigenvalue weighted by Crippen LogP contribution is 2.27. The third kappa shape index (κ3) is 3.03. The van der Waals surface area contributed by atoms with Gasteiger partial charge in [0.1, 0.15) is 5.75 Å². The van der Waals surface area contributed by atoms with E-state index in [2.05, 4.69) is 10.6 Å². The van der Waals surface area contributed by atoms with Gasteiger partial charge in [0.15, 0.2) is 0 Å². The highest BCUT2D eigenvalue weighted by Gasteiger charge is 2.11. The second-order valence-electron chi connectivity index (χ2n) is 4.10. The molecule has 0 atom stereocenters. The summed E-state index contributed by atoms with van der Waals surface area (Å²) < 4.78 is 5.07. The van der Waals surface area contributed by atoms with E-state index in [0.717, 1.165) is 5.69 Å². The number of benzene rings is 2. The summed E-state index contributed by atoms with van der Waals surface area (Å²) in [5, 5.41) is 6.24. The van der Waals surface area contributed by atoms with Crippen LogP contribution < -0.4 is 15.4 Å². The summed E-state index contributed by atoms with van der Waals surface area (Å²) in [5.41, 5.74) is 1.96. The molecule has 0 fully saturated rings. The van der Waals surface area contributed by atoms with Gasteiger partial charge in [0.2, 0.25) is 0 Å². The first kappa shape index (κ1) is 14.2. The summed E-state index contributed by atoms with van der Waals surface area (Å²) in [5.74, 6) is 0.372. The molecule has 0 saturated carbocycles. The Kier molecular flexibility index (Phi) is 4.48. The molecule has 2 aromatic carbocycles. The van der Waals surface area contributed by atoms with E-state index in [0.29, 0.717) is 22.0 Å². The van der Waals surface area contributed by atoms with Crippen molar-refractivity contribution in [3.05, 3.63) is 53.1 Å². The number of nitrogens with one attached hydrogen (secondary N) is 2. The summed E-state index contributed by atoms with van der Waals surface area (Å²) in [4.78, 5) is 12.2. The normalized spacial score (nSPS) is 9.95. The van der Waals surface area contributed by atoms with E-state index in [1.807, 2.05) is 18.2 Å². The standard InChI is InChI=1S/C15H15ClN2O2/c1-17-13-6-4-3-5-11(13)15(19)18-10-7-8-14(20-2)12(16)9-10/h3-9,17H,1-2H3,(H,18,19). The fourth-order valence-corrected chi connectivity index (χ4v) is 2.10. The predicted octanol–water partition coefficient (Wildman–Crippen LogP) is 3.64. The molecule has 5 heteroatoms. The van der Waals surface area contributed by atoms with Crippen molar-refractivity contribution >= 4 is 28.9 Å². The van der Waals surface area contributed by atoms with E-state index in [1.165, 1.54) is 0 Å². The van der Waals surface area contributed by atoms with Crippen molar-refractivity contribution in [3.63, 3.8) is 0 Å². The molecule has 0 spiro atoms. The number of carbonyl (C=O) groups is 1. The number of anilines is 2. The quantitative estimate of drug-likeness (QED) is 0.904. The summed E-state index contributed by atoms with van der Waals surface area (Å²) in [6.45, 7) is 0. The van der Waals surface area contributed by atoms with Gasteiger partial charge in [-0.3, -0.25) is 4.79 Å². The number of halogens is 1. The van der Waals surface area contributed by atoms with Gasteiger partial charge in [0.05, 0.1) is 17.7 Å². The molecule has 2 rings (SSSR count). The van der Waals surface area contributed by atoms with Crippen LogP contribution in [-0.4, -0.2) is 20.1 Å². The lowest BCUT2D eigenvalue weighted by Gasteiger charge is -2.10. The maximum Gasteiger partial charge on any atom is 0.257 e. The largest absolute Gasteiger partial charge is 0.495 e. The highest BCUT2D eigenvalue weighted by atomic mass is 35.5. The molecular weight excluding hydrogens is 276 g/mol. The van der Waals surface area contributed by atoms with E-state index < -0.39 is 0 Å². The molecule has 20 heavy (non-hydrogen) atoms. The molecule has 0 unspecified atom stereocenters. The fraction of sp³-hybridized carbons (Fsp3) is 0.133. The van der Waals surface area contributed by atoms with Gasteiger partial charge in [-0.15, -0.1) is 0 Å². The molecule has 104 valence electrons. The summed E-state index contributed by atoms with van der Waals surface area (Å²) in [7, 11) is 3.32. The third-order valence-electron chi connectivity index (χ3n) is 2.85. The molecule has 0 saturated heterocycles. The zero-order valence-electron chi connectivity index (χ0n) is 11.2. The minimum Gasteiger partial charge on any atom is -0.495 e. The molecule has 0 aliphatic rings. The first-order valence-electron chi connectivity index (χ1n) is 6.07. The minimum absolute atomic E-state index is 0.198. The van der Waals surface area contributed by atoms with Crippen molar-refractivity contribution in [1.82, 2.24) is 0 Å². The number of ether oxygens (including phenoxy) is 1. The van der Waals surface area contributed by atoms with Crippen molar-refractivity contribution in [3.8, 4) is 5.75 Å². The number of hydrogen-bond acceptors (Lipinski definition) is 3. The molecule has 0 aromatic heterocycles. The van der Waals surface area contributed by atoms with E-state index in [9.17, 15) is 4.79 Å². The molecular formula is C15H15ClN2O2. The van der Waals surface area contributed by atoms with Crippen LogP contribution >= 0.6 is 11.6 Å². The number of methoxy groups -OCH3 is 1. The van der Waals surface area contributed by atoms with Crippen LogP contribution in [0.4, 0.5) is 11.4 Å². The van der Waals surface area contributed by atoms with Gasteiger partial charge in [-0.25, -0.2) is 0 Å². The Hall–Kier alpha value is -2.20. The Bertz CT molecular complexity index is 629. The second kappa shape index (κ2) is 6.30. The molecule has 1 amide bonds. The Morgan fingerprint density at radius 3 is 2.60 bits per heavy atom. The Labute approximate surface area is 122 Å². The smallest absolute Gasteiger partial charge is 0.257 e. The van der Waals surface area contributed by atoms with Crippen molar-refractivity contribution in [1.29, 1.82) is 0 Å². The number of para-hydroxylation sites is 1. The number of amides is 1. The van der Waals surface area contributed by atoms with Gasteiger partial charge >= 0.3 is 0 Å². The Morgan fingerprint density at radius 2 is 1.95 bits per heavy atom. The average molecular weight is 291 g/mol. The van der Waals surface area contributed by atoms with E-state index in [-0.39, 0.29) is 5.91 Å². The van der Waals surface area contributed by atoms with Crippen LogP contribution in [0.3, 0.4) is 0 Å². The third-order valence-corrected chi connectivity index (χ3v) is 3.15. The summed E-state index contributed by atoms with van der Waals surface area (Å²) in [6.07, 6.45) is 0. The molecule has 0 aliphatic heterocycles. The van der Waals surface area contributed by atoms with E-state index >= 15 is 0 Å². The lowest BCUT2D eigenvalue weighted by molar-refractivity contribution is 0.102. The molecule has 0 aliphatic carbocycles. The summed E-state index contributed by atoms with van der Waals surface area (Å²) in [6, 6.07) is 12.4. The van der Waals surface area contributed by atoms with E-state index in [1.54, 1.807) is 38.4 Å². The molecule has 0 bridgehead atoms. The van der Waals surface area contributed by atoms with Gasteiger partial charge in [-0.2, -0.15) is 0 Å². The maximum absolute atomic E-state index is 12.2. The topological polar surface area (TPSA) is 50.4 Å². The minimum atomic E-state index is -0.198. The monoisotopic (exact) mass is 290 g/mol. The number of hydrogen-bond donors (Lipinski definition) is 2. The van der Waals surface area contributed by atoms with Crippen LogP contribution in [0.15, 0.2) is 42.5 Å². The first-order valence-corrected chi connectivity index (χ1v) is 6.45. The van der Waals surface area contributed by atoms with E-state index in [4.69, 9.17) is 16.3 Å². The molecule has 2 aromatic rings. The van der Waals surface area contributed by atoms with Gasteiger partial charge in [0, 0.05) is 18.4 Å². The summed E-state index contributed by atoms with van der Waals surface area (Å²) >= 11 is 6.03. The zero-order valence-corrected chi connectivity index (χ0v) is 12.0. The van der Waals surface area contributed by atoms with Crippen LogP contribution in [0.2, 0.25) is 5.02 Å². The van der Waals surface area contributed by atoms with Crippen LogP contribution in [0.5, 0.6) is 5.75 Å². The molecule has 0 heterocycles. The van der Waals surface area contributed by atoms with Gasteiger partial charge in [-0.05, 0) is 30.3 Å². The first-order chi connectivity index (χ1) is 9.65. The van der Waals surface area contributed by atoms with Crippen LogP contribution in [0, 0.1) is 0 Å². The Morgan fingerprint density at radius 1 is 1.20 bits per heavy atom. The predicted molar refractivity (Wildman–Crippen MR) is 81.9 cm³/mol. The van der Waals surface area contributed by atoms with Crippen LogP contribution in [0.1, 0.15) is 10.4 Å². The van der Waals surface area contributed by atoms with Crippen molar-refractivity contribution in [2.24, 2.45) is 0 Å². The number of rotatable bonds is 4. The van der Waals surface area contributed by atoms with Gasteiger partial charge in [-0.1, -0.05) is 23.7 Å². The second-order valence-corrected chi connectivity index (χ2v) is 4.51. The lowest BCUT2D eigenvalue weighted by Crippen LogP contribution is -2.13. The van der Waals surface area contributed by atoms with Crippen molar-refractivity contribution < 1.29 is 9.53 Å². The number of carbonyl (C=O) groups excluding carboxylic acids is 1. The van der Waals surface area contributed by atoms with Crippen molar-refractivity contribution in [2.45, 2.75) is 0 Å².